The molecule has 1 saturated heterocycles. The molecule has 0 bridgehead atoms. The van der Waals surface area contributed by atoms with Crippen molar-refractivity contribution in [3.05, 3.63) is 94.2 Å². The van der Waals surface area contributed by atoms with Crippen LogP contribution in [0, 0.1) is 12.7 Å². The lowest BCUT2D eigenvalue weighted by Gasteiger charge is -2.36. The van der Waals surface area contributed by atoms with Crippen molar-refractivity contribution in [3.63, 3.8) is 0 Å². The summed E-state index contributed by atoms with van der Waals surface area (Å²) in [5.41, 5.74) is 6.42. The third-order valence-electron chi connectivity index (χ3n) is 8.66. The number of halogens is 1. The summed E-state index contributed by atoms with van der Waals surface area (Å²) in [5, 5.41) is 13.3. The maximum atomic E-state index is 14.3. The van der Waals surface area contributed by atoms with Crippen LogP contribution in [0.5, 0.6) is 0 Å². The van der Waals surface area contributed by atoms with Crippen molar-refractivity contribution < 1.29 is 19.1 Å². The standard InChI is InChI=1S/C34H31FN4O3S/c1-21-29(18-25-17-24(34(41)42)4-6-28(25)36-21)39-30-16-22(2-3-23(30)5-7-33(39)40)8-10-37-11-13-38(14-12-37)31-19-26(35)20-32-27(31)9-15-43-32/h2-4,6,9,15-20H,5,7-8,10-14H2,1H3,(H,41,42). The van der Waals surface area contributed by atoms with E-state index in [1.165, 1.54) is 0 Å². The van der Waals surface area contributed by atoms with Gasteiger partial charge in [-0.15, -0.1) is 11.3 Å². The zero-order chi connectivity index (χ0) is 29.7. The molecule has 0 spiro atoms. The minimum absolute atomic E-state index is 0.0106. The molecule has 5 aromatic rings. The number of thiophene rings is 1. The van der Waals surface area contributed by atoms with Crippen LogP contribution >= 0.6 is 11.3 Å². The number of anilines is 3. The Bertz CT molecular complexity index is 1900. The van der Waals surface area contributed by atoms with Crippen molar-refractivity contribution in [3.8, 4) is 0 Å². The van der Waals surface area contributed by atoms with E-state index < -0.39 is 5.97 Å². The number of carboxylic acid groups (broad SMARTS) is 1. The molecule has 2 aromatic heterocycles. The van der Waals surface area contributed by atoms with Gasteiger partial charge < -0.3 is 10.0 Å². The zero-order valence-corrected chi connectivity index (χ0v) is 24.7. The number of carboxylic acids is 1. The van der Waals surface area contributed by atoms with Gasteiger partial charge in [0.25, 0.3) is 0 Å². The highest BCUT2D eigenvalue weighted by Gasteiger charge is 2.28. The topological polar surface area (TPSA) is 77.0 Å². The lowest BCUT2D eigenvalue weighted by molar-refractivity contribution is -0.118. The van der Waals surface area contributed by atoms with Crippen molar-refractivity contribution >= 4 is 61.3 Å². The van der Waals surface area contributed by atoms with Crippen molar-refractivity contribution in [1.82, 2.24) is 9.88 Å². The summed E-state index contributed by atoms with van der Waals surface area (Å²) in [7, 11) is 0. The average molecular weight is 595 g/mol. The first kappa shape index (κ1) is 27.5. The van der Waals surface area contributed by atoms with Gasteiger partial charge in [-0.1, -0.05) is 12.1 Å². The third-order valence-corrected chi connectivity index (χ3v) is 9.52. The number of hydrogen-bond donors (Lipinski definition) is 1. The van der Waals surface area contributed by atoms with Gasteiger partial charge in [0.15, 0.2) is 0 Å². The number of aromatic carboxylic acids is 1. The number of carbonyl (C=O) groups excluding carboxylic acids is 1. The van der Waals surface area contributed by atoms with Gasteiger partial charge in [-0.05, 0) is 84.8 Å². The van der Waals surface area contributed by atoms with Crippen LogP contribution in [0.3, 0.4) is 0 Å². The predicted molar refractivity (Wildman–Crippen MR) is 169 cm³/mol. The Labute approximate surface area is 252 Å². The van der Waals surface area contributed by atoms with Gasteiger partial charge in [0.05, 0.1) is 28.1 Å². The minimum Gasteiger partial charge on any atom is -0.478 e. The molecule has 1 fully saturated rings. The van der Waals surface area contributed by atoms with Gasteiger partial charge in [-0.2, -0.15) is 0 Å². The molecule has 7 rings (SSSR count). The number of rotatable bonds is 6. The molecule has 1 N–H and O–H groups in total. The highest BCUT2D eigenvalue weighted by molar-refractivity contribution is 7.17. The number of aryl methyl sites for hydroxylation is 2. The minimum atomic E-state index is -0.997. The van der Waals surface area contributed by atoms with Crippen LogP contribution in [0.2, 0.25) is 0 Å². The van der Waals surface area contributed by atoms with Gasteiger partial charge >= 0.3 is 5.97 Å². The number of aromatic nitrogens is 1. The SMILES string of the molecule is Cc1nc2ccc(C(=O)O)cc2cc1N1C(=O)CCc2ccc(CCN3CCN(c4cc(F)cc5sccc45)CC3)cc21. The van der Waals surface area contributed by atoms with Gasteiger partial charge in [-0.3, -0.25) is 19.6 Å². The van der Waals surface area contributed by atoms with Crippen LogP contribution in [0.15, 0.2) is 66.0 Å². The summed E-state index contributed by atoms with van der Waals surface area (Å²) in [6.45, 7) is 6.28. The lowest BCUT2D eigenvalue weighted by atomic mass is 9.96. The molecule has 4 heterocycles. The quantitative estimate of drug-likeness (QED) is 0.240. The van der Waals surface area contributed by atoms with Crippen LogP contribution in [0.1, 0.15) is 33.6 Å². The van der Waals surface area contributed by atoms with Gasteiger partial charge in [0.1, 0.15) is 5.82 Å². The number of pyridine rings is 1. The summed E-state index contributed by atoms with van der Waals surface area (Å²) in [6, 6.07) is 18.5. The fourth-order valence-corrected chi connectivity index (χ4v) is 7.17. The number of carbonyl (C=O) groups is 2. The second-order valence-corrected chi connectivity index (χ2v) is 12.3. The normalized spacial score (nSPS) is 15.8. The Morgan fingerprint density at radius 1 is 0.953 bits per heavy atom. The van der Waals surface area contributed by atoms with Gasteiger partial charge in [0, 0.05) is 60.3 Å². The third kappa shape index (κ3) is 5.23. The van der Waals surface area contributed by atoms with Gasteiger partial charge in [-0.25, -0.2) is 9.18 Å². The van der Waals surface area contributed by atoms with E-state index in [2.05, 4.69) is 34.1 Å². The van der Waals surface area contributed by atoms with E-state index >= 15 is 0 Å². The number of nitrogens with zero attached hydrogens (tertiary/aromatic N) is 4. The second kappa shape index (κ2) is 11.1. The van der Waals surface area contributed by atoms with E-state index in [1.807, 2.05) is 18.4 Å². The van der Waals surface area contributed by atoms with Crippen LogP contribution < -0.4 is 9.80 Å². The summed E-state index contributed by atoms with van der Waals surface area (Å²) >= 11 is 1.57. The Hall–Kier alpha value is -4.34. The Balaban J connectivity index is 1.09. The summed E-state index contributed by atoms with van der Waals surface area (Å²) in [5.74, 6) is -1.17. The number of fused-ring (bicyclic) bond motifs is 3. The molecule has 43 heavy (non-hydrogen) atoms. The summed E-state index contributed by atoms with van der Waals surface area (Å²) in [6.07, 6.45) is 1.95. The number of hydrogen-bond acceptors (Lipinski definition) is 6. The molecule has 2 aliphatic heterocycles. The number of piperazine rings is 1. The number of amides is 1. The molecular weight excluding hydrogens is 563 g/mol. The van der Waals surface area contributed by atoms with Crippen molar-refractivity contribution in [2.24, 2.45) is 0 Å². The molecule has 3 aromatic carbocycles. The second-order valence-electron chi connectivity index (χ2n) is 11.3. The fraction of sp³-hybridized carbons (Fsp3) is 0.265. The van der Waals surface area contributed by atoms with Crippen LogP contribution in [-0.4, -0.2) is 59.6 Å². The molecule has 1 amide bonds. The van der Waals surface area contributed by atoms with E-state index in [1.54, 1.807) is 46.6 Å². The first-order valence-corrected chi connectivity index (χ1v) is 15.5. The molecule has 0 atom stereocenters. The van der Waals surface area contributed by atoms with E-state index in [0.29, 0.717) is 29.4 Å². The summed E-state index contributed by atoms with van der Waals surface area (Å²) < 4.78 is 15.2. The fourth-order valence-electron chi connectivity index (χ4n) is 6.34. The molecule has 0 radical (unpaired) electrons. The average Bonchev–Trinajstić information content (AvgIpc) is 3.48. The van der Waals surface area contributed by atoms with Gasteiger partial charge in [0.2, 0.25) is 5.91 Å². The highest BCUT2D eigenvalue weighted by atomic mass is 32.1. The Kier molecular flexibility index (Phi) is 7.07. The van der Waals surface area contributed by atoms with E-state index in [9.17, 15) is 19.1 Å². The summed E-state index contributed by atoms with van der Waals surface area (Å²) in [4.78, 5) is 36.1. The smallest absolute Gasteiger partial charge is 0.335 e. The highest BCUT2D eigenvalue weighted by Crippen LogP contribution is 2.38. The Morgan fingerprint density at radius 2 is 1.79 bits per heavy atom. The monoisotopic (exact) mass is 594 g/mol. The number of benzene rings is 3. The van der Waals surface area contributed by atoms with E-state index in [0.717, 1.165) is 77.4 Å². The molecule has 9 heteroatoms. The predicted octanol–water partition coefficient (Wildman–Crippen LogP) is 6.57. The van der Waals surface area contributed by atoms with Crippen LogP contribution in [0.4, 0.5) is 21.5 Å². The molecule has 218 valence electrons. The molecule has 7 nitrogen and oxygen atoms in total. The molecule has 2 aliphatic rings. The van der Waals surface area contributed by atoms with E-state index in [-0.39, 0.29) is 17.3 Å². The molecular formula is C34H31FN4O3S. The lowest BCUT2D eigenvalue weighted by Crippen LogP contribution is -2.47. The Morgan fingerprint density at radius 3 is 2.60 bits per heavy atom. The van der Waals surface area contributed by atoms with Crippen LogP contribution in [-0.2, 0) is 17.6 Å². The largest absolute Gasteiger partial charge is 0.478 e. The van der Waals surface area contributed by atoms with E-state index in [4.69, 9.17) is 4.98 Å². The van der Waals surface area contributed by atoms with Crippen LogP contribution in [0.25, 0.3) is 21.0 Å². The molecule has 0 saturated carbocycles. The maximum absolute atomic E-state index is 14.3. The first-order chi connectivity index (χ1) is 20.8. The van der Waals surface area contributed by atoms with Crippen molar-refractivity contribution in [2.75, 3.05) is 42.5 Å². The molecule has 0 unspecified atom stereocenters. The first-order valence-electron chi connectivity index (χ1n) is 14.6. The maximum Gasteiger partial charge on any atom is 0.335 e. The van der Waals surface area contributed by atoms with Crippen molar-refractivity contribution in [2.45, 2.75) is 26.2 Å². The molecule has 0 aliphatic carbocycles. The zero-order valence-electron chi connectivity index (χ0n) is 23.8. The van der Waals surface area contributed by atoms with Crippen molar-refractivity contribution in [1.29, 1.82) is 0 Å².